The second kappa shape index (κ2) is 6.51. The van der Waals surface area contributed by atoms with Crippen LogP contribution in [0.15, 0.2) is 6.33 Å². The van der Waals surface area contributed by atoms with Crippen LogP contribution < -0.4 is 10.6 Å². The second-order valence-corrected chi connectivity index (χ2v) is 4.90. The molecule has 1 fully saturated rings. The van der Waals surface area contributed by atoms with Gasteiger partial charge in [0.1, 0.15) is 12.2 Å². The molecule has 7 nitrogen and oxygen atoms in total. The molecule has 1 aromatic heterocycles. The Hall–Kier alpha value is -1.63. The van der Waals surface area contributed by atoms with Gasteiger partial charge in [0, 0.05) is 19.7 Å². The average Bonchev–Trinajstić information content (AvgIpc) is 2.98. The summed E-state index contributed by atoms with van der Waals surface area (Å²) in [7, 11) is 1.79. The van der Waals surface area contributed by atoms with Crippen molar-refractivity contribution in [2.75, 3.05) is 6.61 Å². The third kappa shape index (κ3) is 4.20. The predicted octanol–water partition coefficient (Wildman–Crippen LogP) is 0.572. The molecule has 2 N–H and O–H groups in total. The Balaban J connectivity index is 1.67. The second-order valence-electron chi connectivity index (χ2n) is 4.90. The fourth-order valence-corrected chi connectivity index (χ4v) is 2.20. The van der Waals surface area contributed by atoms with E-state index in [9.17, 15) is 4.79 Å². The number of hydrogen-bond donors (Lipinski definition) is 2. The summed E-state index contributed by atoms with van der Waals surface area (Å²) in [5.74, 6) is 0.724. The maximum atomic E-state index is 11.7. The Labute approximate surface area is 112 Å². The minimum Gasteiger partial charge on any atom is -0.378 e. The lowest BCUT2D eigenvalue weighted by molar-refractivity contribution is 0.0971. The molecule has 0 bridgehead atoms. The van der Waals surface area contributed by atoms with Crippen molar-refractivity contribution in [1.82, 2.24) is 25.4 Å². The van der Waals surface area contributed by atoms with E-state index in [1.807, 2.05) is 6.92 Å². The van der Waals surface area contributed by atoms with E-state index in [2.05, 4.69) is 20.7 Å². The van der Waals surface area contributed by atoms with Gasteiger partial charge in [-0.1, -0.05) is 0 Å². The summed E-state index contributed by atoms with van der Waals surface area (Å²) in [6.07, 6.45) is 4.82. The highest BCUT2D eigenvalue weighted by atomic mass is 16.5. The number of aromatic nitrogens is 3. The molecule has 7 heteroatoms. The molecule has 0 saturated carbocycles. The van der Waals surface area contributed by atoms with Crippen LogP contribution in [0.1, 0.15) is 32.0 Å². The summed E-state index contributed by atoms with van der Waals surface area (Å²) in [4.78, 5) is 15.8. The molecule has 1 aliphatic rings. The van der Waals surface area contributed by atoms with E-state index in [0.29, 0.717) is 6.54 Å². The fraction of sp³-hybridized carbons (Fsp3) is 0.750. The molecular formula is C12H21N5O2. The first-order valence-electron chi connectivity index (χ1n) is 6.64. The minimum atomic E-state index is -0.187. The third-order valence-corrected chi connectivity index (χ3v) is 3.23. The summed E-state index contributed by atoms with van der Waals surface area (Å²) >= 11 is 0. The molecule has 1 saturated heterocycles. The monoisotopic (exact) mass is 267 g/mol. The van der Waals surface area contributed by atoms with E-state index in [1.54, 1.807) is 11.7 Å². The van der Waals surface area contributed by atoms with Gasteiger partial charge in [-0.25, -0.2) is 9.78 Å². The molecular weight excluding hydrogens is 246 g/mol. The van der Waals surface area contributed by atoms with Crippen molar-refractivity contribution in [3.63, 3.8) is 0 Å². The first-order valence-corrected chi connectivity index (χ1v) is 6.64. The lowest BCUT2D eigenvalue weighted by Crippen LogP contribution is -2.42. The number of urea groups is 1. The lowest BCUT2D eigenvalue weighted by atomic mass is 10.1. The molecule has 2 amide bonds. The number of nitrogens with one attached hydrogen (secondary N) is 2. The zero-order valence-electron chi connectivity index (χ0n) is 11.4. The molecule has 2 heterocycles. The van der Waals surface area contributed by atoms with Crippen LogP contribution in [0.25, 0.3) is 0 Å². The molecule has 0 aromatic carbocycles. The maximum Gasteiger partial charge on any atom is 0.315 e. The van der Waals surface area contributed by atoms with Gasteiger partial charge >= 0.3 is 6.03 Å². The zero-order chi connectivity index (χ0) is 13.7. The molecule has 0 spiro atoms. The van der Waals surface area contributed by atoms with Crippen LogP contribution in [-0.2, 0) is 18.3 Å². The molecule has 1 aliphatic heterocycles. The van der Waals surface area contributed by atoms with Gasteiger partial charge in [0.2, 0.25) is 0 Å². The minimum absolute atomic E-state index is 0.0996. The number of hydrogen-bond acceptors (Lipinski definition) is 4. The largest absolute Gasteiger partial charge is 0.378 e. The van der Waals surface area contributed by atoms with Crippen LogP contribution in [0.5, 0.6) is 0 Å². The SMILES string of the molecule is CC(CC1CCCO1)NC(=O)NCc1ncnn1C. The first-order chi connectivity index (χ1) is 9.15. The molecule has 2 atom stereocenters. The normalized spacial score (nSPS) is 20.2. The highest BCUT2D eigenvalue weighted by Gasteiger charge is 2.19. The molecule has 2 unspecified atom stereocenters. The summed E-state index contributed by atoms with van der Waals surface area (Å²) < 4.78 is 7.18. The van der Waals surface area contributed by atoms with E-state index in [4.69, 9.17) is 4.74 Å². The quantitative estimate of drug-likeness (QED) is 0.817. The van der Waals surface area contributed by atoms with Crippen molar-refractivity contribution < 1.29 is 9.53 Å². The highest BCUT2D eigenvalue weighted by Crippen LogP contribution is 2.16. The van der Waals surface area contributed by atoms with Gasteiger partial charge in [-0.2, -0.15) is 5.10 Å². The van der Waals surface area contributed by atoms with Gasteiger partial charge in [0.05, 0.1) is 12.6 Å². The summed E-state index contributed by atoms with van der Waals surface area (Å²) in [6, 6.07) is -0.0870. The molecule has 0 aliphatic carbocycles. The third-order valence-electron chi connectivity index (χ3n) is 3.23. The van der Waals surface area contributed by atoms with Crippen molar-refractivity contribution in [2.45, 2.75) is 44.9 Å². The van der Waals surface area contributed by atoms with Crippen molar-refractivity contribution in [3.8, 4) is 0 Å². The number of carbonyl (C=O) groups is 1. The van der Waals surface area contributed by atoms with Gasteiger partial charge in [0.25, 0.3) is 0 Å². The van der Waals surface area contributed by atoms with Crippen molar-refractivity contribution in [1.29, 1.82) is 0 Å². The average molecular weight is 267 g/mol. The summed E-state index contributed by atoms with van der Waals surface area (Å²) in [5.41, 5.74) is 0. The summed E-state index contributed by atoms with van der Waals surface area (Å²) in [5, 5.41) is 9.61. The smallest absolute Gasteiger partial charge is 0.315 e. The highest BCUT2D eigenvalue weighted by molar-refractivity contribution is 5.74. The van der Waals surface area contributed by atoms with E-state index in [-0.39, 0.29) is 18.2 Å². The summed E-state index contributed by atoms with van der Waals surface area (Å²) in [6.45, 7) is 3.20. The van der Waals surface area contributed by atoms with Crippen molar-refractivity contribution in [3.05, 3.63) is 12.2 Å². The van der Waals surface area contributed by atoms with Gasteiger partial charge in [-0.05, 0) is 26.2 Å². The number of amides is 2. The molecule has 0 radical (unpaired) electrons. The number of ether oxygens (including phenoxy) is 1. The predicted molar refractivity (Wildman–Crippen MR) is 69.4 cm³/mol. The molecule has 19 heavy (non-hydrogen) atoms. The van der Waals surface area contributed by atoms with E-state index < -0.39 is 0 Å². The number of nitrogens with zero attached hydrogens (tertiary/aromatic N) is 3. The Morgan fingerprint density at radius 3 is 3.16 bits per heavy atom. The van der Waals surface area contributed by atoms with Crippen LogP contribution >= 0.6 is 0 Å². The first kappa shape index (κ1) is 13.8. The number of rotatable bonds is 5. The Kier molecular flexibility index (Phi) is 4.73. The van der Waals surface area contributed by atoms with Gasteiger partial charge < -0.3 is 15.4 Å². The number of carbonyl (C=O) groups excluding carboxylic acids is 1. The molecule has 1 aromatic rings. The Morgan fingerprint density at radius 2 is 2.53 bits per heavy atom. The van der Waals surface area contributed by atoms with E-state index >= 15 is 0 Å². The van der Waals surface area contributed by atoms with Crippen molar-refractivity contribution >= 4 is 6.03 Å². The van der Waals surface area contributed by atoms with Crippen LogP contribution in [0.4, 0.5) is 4.79 Å². The lowest BCUT2D eigenvalue weighted by Gasteiger charge is -2.17. The van der Waals surface area contributed by atoms with Gasteiger partial charge in [-0.15, -0.1) is 0 Å². The van der Waals surface area contributed by atoms with Crippen LogP contribution in [-0.4, -0.2) is 39.5 Å². The van der Waals surface area contributed by atoms with E-state index in [0.717, 1.165) is 31.7 Å². The zero-order valence-corrected chi connectivity index (χ0v) is 11.4. The van der Waals surface area contributed by atoms with Crippen LogP contribution in [0.2, 0.25) is 0 Å². The topological polar surface area (TPSA) is 81.1 Å². The molecule has 2 rings (SSSR count). The standard InChI is InChI=1S/C12H21N5O2/c1-9(6-10-4-3-5-19-10)16-12(18)13-7-11-14-8-15-17(11)2/h8-10H,3-7H2,1-2H3,(H2,13,16,18). The van der Waals surface area contributed by atoms with E-state index in [1.165, 1.54) is 6.33 Å². The number of aryl methyl sites for hydroxylation is 1. The maximum absolute atomic E-state index is 11.7. The van der Waals surface area contributed by atoms with Crippen LogP contribution in [0, 0.1) is 0 Å². The Bertz CT molecular complexity index is 414. The fourth-order valence-electron chi connectivity index (χ4n) is 2.20. The van der Waals surface area contributed by atoms with Crippen LogP contribution in [0.3, 0.4) is 0 Å². The van der Waals surface area contributed by atoms with Crippen molar-refractivity contribution in [2.24, 2.45) is 7.05 Å². The van der Waals surface area contributed by atoms with Gasteiger partial charge in [-0.3, -0.25) is 4.68 Å². The molecule has 106 valence electrons. The van der Waals surface area contributed by atoms with Gasteiger partial charge in [0.15, 0.2) is 0 Å². The Morgan fingerprint density at radius 1 is 1.68 bits per heavy atom.